The van der Waals surface area contributed by atoms with E-state index in [4.69, 9.17) is 10.2 Å². The van der Waals surface area contributed by atoms with E-state index in [0.29, 0.717) is 0 Å². The molecule has 0 unspecified atom stereocenters. The summed E-state index contributed by atoms with van der Waals surface area (Å²) in [6.07, 6.45) is -0.333. The van der Waals surface area contributed by atoms with Crippen LogP contribution in [-0.2, 0) is 21.7 Å². The predicted molar refractivity (Wildman–Crippen MR) is 45.7 cm³/mol. The molecule has 2 N–H and O–H groups in total. The van der Waals surface area contributed by atoms with Crippen LogP contribution in [0.4, 0.5) is 0 Å². The first kappa shape index (κ1) is 22.6. The van der Waals surface area contributed by atoms with E-state index in [1.807, 2.05) is 0 Å². The molecule has 0 aromatic rings. The molecule has 0 aliphatic heterocycles. The fourth-order valence-electron chi connectivity index (χ4n) is 0. The minimum Gasteiger partial charge on any atom is -0.394 e. The van der Waals surface area contributed by atoms with Crippen molar-refractivity contribution in [2.45, 2.75) is 46.8 Å². The van der Waals surface area contributed by atoms with Gasteiger partial charge in [0.25, 0.3) is 0 Å². The third kappa shape index (κ3) is 1970. The molecule has 0 saturated heterocycles. The van der Waals surface area contributed by atoms with Crippen molar-refractivity contribution in [1.29, 1.82) is 0 Å². The Morgan fingerprint density at radius 3 is 0.818 bits per heavy atom. The zero-order valence-electron chi connectivity index (χ0n) is 8.26. The van der Waals surface area contributed by atoms with Crippen molar-refractivity contribution in [3.8, 4) is 0 Å². The fourth-order valence-corrected chi connectivity index (χ4v) is 0. The summed E-state index contributed by atoms with van der Waals surface area (Å²) in [5.41, 5.74) is 0. The molecule has 0 aromatic heterocycles. The summed E-state index contributed by atoms with van der Waals surface area (Å²) in [7, 11) is 0. The van der Waals surface area contributed by atoms with Crippen LogP contribution in [0, 0.1) is 6.92 Å². The zero-order chi connectivity index (χ0) is 9.15. The van der Waals surface area contributed by atoms with Crippen LogP contribution >= 0.6 is 0 Å². The molecule has 0 saturated carbocycles. The number of aliphatic hydroxyl groups is 2. The molecule has 0 bridgehead atoms. The smallest absolute Gasteiger partial charge is 0.0483 e. The first-order valence-electron chi connectivity index (χ1n) is 3.53. The van der Waals surface area contributed by atoms with Gasteiger partial charge in [-0.05, 0) is 27.7 Å². The van der Waals surface area contributed by atoms with Gasteiger partial charge in [0.2, 0.25) is 0 Å². The average molecular weight is 197 g/mol. The summed E-state index contributed by atoms with van der Waals surface area (Å²) < 4.78 is 0. The Hall–Kier alpha value is 0.634. The minimum absolute atomic E-state index is 0. The van der Waals surface area contributed by atoms with Gasteiger partial charge in [0.1, 0.15) is 0 Å². The van der Waals surface area contributed by atoms with Gasteiger partial charge in [-0.3, -0.25) is 0 Å². The molecule has 0 radical (unpaired) electrons. The molecule has 0 fully saturated rings. The first-order valence-corrected chi connectivity index (χ1v) is 3.53. The maximum atomic E-state index is 8.06. The van der Waals surface area contributed by atoms with E-state index in [1.54, 1.807) is 34.6 Å². The van der Waals surface area contributed by atoms with Crippen molar-refractivity contribution in [3.05, 3.63) is 6.92 Å². The average Bonchev–Trinajstić information content (AvgIpc) is 1.66. The molecule has 11 heavy (non-hydrogen) atoms. The van der Waals surface area contributed by atoms with E-state index in [-0.39, 0.29) is 33.9 Å². The minimum atomic E-state index is -0.167. The summed E-state index contributed by atoms with van der Waals surface area (Å²) in [6.45, 7) is 11.9. The Morgan fingerprint density at radius 1 is 0.818 bits per heavy atom. The molecular weight excluding hydrogens is 176 g/mol. The van der Waals surface area contributed by atoms with Crippen molar-refractivity contribution < 1.29 is 31.9 Å². The van der Waals surface area contributed by atoms with Crippen molar-refractivity contribution >= 4 is 0 Å². The van der Waals surface area contributed by atoms with Crippen molar-refractivity contribution in [3.63, 3.8) is 0 Å². The molecule has 2 nitrogen and oxygen atoms in total. The molecule has 0 rings (SSSR count). The standard InChI is InChI=1S/2C3H8O.C2H5.Ti/c2*1-3(2)4;1-2;/h2*3-4H,1-2H3;1H2,2H3;/q;;-1;. The second-order valence-electron chi connectivity index (χ2n) is 2.19. The molecule has 0 aliphatic rings. The van der Waals surface area contributed by atoms with Crippen LogP contribution in [0.2, 0.25) is 0 Å². The topological polar surface area (TPSA) is 40.5 Å². The van der Waals surface area contributed by atoms with Crippen molar-refractivity contribution in [2.24, 2.45) is 0 Å². The second kappa shape index (κ2) is 22.4. The Kier molecular flexibility index (Phi) is 46.0. The monoisotopic (exact) mass is 197 g/mol. The fraction of sp³-hybridized carbons (Fsp3) is 0.875. The van der Waals surface area contributed by atoms with Crippen LogP contribution in [-0.4, -0.2) is 22.4 Å². The van der Waals surface area contributed by atoms with E-state index < -0.39 is 0 Å². The van der Waals surface area contributed by atoms with Crippen LogP contribution in [0.5, 0.6) is 0 Å². The summed E-state index contributed by atoms with van der Waals surface area (Å²) >= 11 is 0. The summed E-state index contributed by atoms with van der Waals surface area (Å²) in [5, 5.41) is 16.1. The normalized spacial score (nSPS) is 7.09. The summed E-state index contributed by atoms with van der Waals surface area (Å²) in [6, 6.07) is 0. The number of rotatable bonds is 0. The third-order valence-electron chi connectivity index (χ3n) is 0. The van der Waals surface area contributed by atoms with E-state index in [1.165, 1.54) is 0 Å². The predicted octanol–water partition coefficient (Wildman–Crippen LogP) is 1.61. The molecule has 3 heteroatoms. The van der Waals surface area contributed by atoms with E-state index in [2.05, 4.69) is 6.92 Å². The number of hydrogen-bond acceptors (Lipinski definition) is 2. The molecule has 0 heterocycles. The Morgan fingerprint density at radius 2 is 0.818 bits per heavy atom. The van der Waals surface area contributed by atoms with E-state index >= 15 is 0 Å². The molecule has 0 amide bonds. The van der Waals surface area contributed by atoms with Crippen LogP contribution in [0.1, 0.15) is 34.6 Å². The molecule has 0 aliphatic carbocycles. The largest absolute Gasteiger partial charge is 0.394 e. The maximum Gasteiger partial charge on any atom is 0.0483 e. The van der Waals surface area contributed by atoms with E-state index in [9.17, 15) is 0 Å². The van der Waals surface area contributed by atoms with Crippen LogP contribution in [0.25, 0.3) is 0 Å². The van der Waals surface area contributed by atoms with Crippen molar-refractivity contribution in [1.82, 2.24) is 0 Å². The SMILES string of the molecule is CC(C)O.CC(C)O.[CH2-]C.[Ti]. The van der Waals surface area contributed by atoms with Crippen LogP contribution in [0.3, 0.4) is 0 Å². The molecule has 0 aromatic carbocycles. The maximum absolute atomic E-state index is 8.06. The summed E-state index contributed by atoms with van der Waals surface area (Å²) in [5.74, 6) is 0. The molecule has 70 valence electrons. The van der Waals surface area contributed by atoms with Gasteiger partial charge in [-0.25, -0.2) is 0 Å². The van der Waals surface area contributed by atoms with Gasteiger partial charge in [-0.1, -0.05) is 0 Å². The van der Waals surface area contributed by atoms with Crippen molar-refractivity contribution in [2.75, 3.05) is 0 Å². The van der Waals surface area contributed by atoms with Gasteiger partial charge in [-0.2, -0.15) is 6.92 Å². The van der Waals surface area contributed by atoms with Gasteiger partial charge in [0, 0.05) is 33.9 Å². The second-order valence-corrected chi connectivity index (χ2v) is 2.19. The quantitative estimate of drug-likeness (QED) is 0.457. The number of hydrogen-bond donors (Lipinski definition) is 2. The van der Waals surface area contributed by atoms with Gasteiger partial charge in [0.15, 0.2) is 0 Å². The van der Waals surface area contributed by atoms with Crippen LogP contribution in [0.15, 0.2) is 0 Å². The van der Waals surface area contributed by atoms with Gasteiger partial charge in [0.05, 0.1) is 0 Å². The molecule has 0 spiro atoms. The molecular formula is C8H21O2Ti-. The Labute approximate surface area is 85.9 Å². The molecule has 0 atom stereocenters. The van der Waals surface area contributed by atoms with Gasteiger partial charge < -0.3 is 17.1 Å². The zero-order valence-corrected chi connectivity index (χ0v) is 9.82. The Bertz CT molecular complexity index is 27.6. The van der Waals surface area contributed by atoms with Gasteiger partial charge in [-0.15, -0.1) is 0 Å². The first-order chi connectivity index (χ1) is 4.46. The van der Waals surface area contributed by atoms with Crippen LogP contribution < -0.4 is 0 Å². The third-order valence-corrected chi connectivity index (χ3v) is 0. The number of aliphatic hydroxyl groups excluding tert-OH is 2. The van der Waals surface area contributed by atoms with E-state index in [0.717, 1.165) is 0 Å². The van der Waals surface area contributed by atoms with Gasteiger partial charge >= 0.3 is 0 Å². The summed E-state index contributed by atoms with van der Waals surface area (Å²) in [4.78, 5) is 0. The Balaban J connectivity index is -0.0000000339.